The number of methoxy groups -OCH3 is 2. The van der Waals surface area contributed by atoms with Crippen LogP contribution in [0.4, 0.5) is 0 Å². The first kappa shape index (κ1) is 29.8. The highest BCUT2D eigenvalue weighted by molar-refractivity contribution is 7.67. The molecular weight excluding hydrogens is 523 g/mol. The fourth-order valence-corrected chi connectivity index (χ4v) is 11.1. The summed E-state index contributed by atoms with van der Waals surface area (Å²) in [4.78, 5) is 12.2. The van der Waals surface area contributed by atoms with Gasteiger partial charge in [0.1, 0.15) is 5.75 Å². The number of aryl methyl sites for hydroxylation is 3. The number of esters is 1. The molecule has 0 atom stereocenters. The molecule has 0 aliphatic heterocycles. The van der Waals surface area contributed by atoms with Crippen molar-refractivity contribution in [3.05, 3.63) is 83.4 Å². The summed E-state index contributed by atoms with van der Waals surface area (Å²) in [6.07, 6.45) is 17.0. The first-order valence-corrected chi connectivity index (χ1v) is 17.3. The van der Waals surface area contributed by atoms with Gasteiger partial charge in [0.15, 0.2) is 0 Å². The molecule has 0 radical (unpaired) electrons. The quantitative estimate of drug-likeness (QED) is 0.170. The Bertz CT molecular complexity index is 1240. The van der Waals surface area contributed by atoms with E-state index in [1.165, 1.54) is 99.1 Å². The topological polar surface area (TPSA) is 35.5 Å². The fourth-order valence-electron chi connectivity index (χ4n) is 7.15. The summed E-state index contributed by atoms with van der Waals surface area (Å²) in [5, 5.41) is 1.62. The van der Waals surface area contributed by atoms with Gasteiger partial charge in [0.2, 0.25) is 0 Å². The third-order valence-corrected chi connectivity index (χ3v) is 12.8. The van der Waals surface area contributed by atoms with E-state index in [-0.39, 0.29) is 13.9 Å². The van der Waals surface area contributed by atoms with Crippen LogP contribution in [0.15, 0.2) is 66.7 Å². The van der Waals surface area contributed by atoms with Crippen molar-refractivity contribution in [3.63, 3.8) is 0 Å². The summed E-state index contributed by atoms with van der Waals surface area (Å²) in [5.41, 5.74) is 8.47. The Balaban J connectivity index is 1.56. The van der Waals surface area contributed by atoms with Crippen LogP contribution >= 0.6 is 7.92 Å². The molecule has 5 rings (SSSR count). The van der Waals surface area contributed by atoms with Gasteiger partial charge in [-0.15, -0.1) is 0 Å². The summed E-state index contributed by atoms with van der Waals surface area (Å²) in [7, 11) is 2.96. The van der Waals surface area contributed by atoms with Gasteiger partial charge in [-0.2, -0.15) is 0 Å². The lowest BCUT2D eigenvalue weighted by atomic mass is 9.89. The van der Waals surface area contributed by atoms with Gasteiger partial charge in [-0.1, -0.05) is 101 Å². The minimum absolute atomic E-state index is 0.139. The molecule has 0 spiro atoms. The molecule has 2 saturated carbocycles. The molecule has 0 heterocycles. The van der Waals surface area contributed by atoms with Crippen molar-refractivity contribution in [2.45, 2.75) is 101 Å². The van der Waals surface area contributed by atoms with E-state index in [0.29, 0.717) is 12.8 Å². The van der Waals surface area contributed by atoms with E-state index in [2.05, 4.69) is 66.7 Å². The highest BCUT2D eigenvalue weighted by atomic mass is 31.1. The zero-order valence-electron chi connectivity index (χ0n) is 25.1. The first-order valence-electron chi connectivity index (χ1n) is 15.9. The van der Waals surface area contributed by atoms with Gasteiger partial charge in [0, 0.05) is 6.42 Å². The summed E-state index contributed by atoms with van der Waals surface area (Å²) in [5.74, 6) is 0.756. The Hall–Kier alpha value is -2.64. The van der Waals surface area contributed by atoms with Crippen molar-refractivity contribution >= 4 is 19.2 Å². The molecular formula is C37H47O3P. The number of rotatable bonds is 11. The molecule has 4 heteroatoms. The van der Waals surface area contributed by atoms with Gasteiger partial charge >= 0.3 is 5.97 Å². The molecule has 2 aliphatic carbocycles. The summed E-state index contributed by atoms with van der Waals surface area (Å²) in [6, 6.07) is 24.6. The van der Waals surface area contributed by atoms with Crippen LogP contribution in [0.5, 0.6) is 5.75 Å². The van der Waals surface area contributed by atoms with E-state index < -0.39 is 0 Å². The average molecular weight is 571 g/mol. The standard InChI is InChI=1S/C37H47O3P/c1-39-31-25-21-28(22-26-31)20-23-29-12-11-13-30(24-27-36(38)40-2)37(29)34-18-9-10-19-35(34)41(32-14-5-3-6-15-32)33-16-7-4-8-17-33/h9-13,18-19,21-22,25-26,32-33H,3-8,14-17,20,23-24,27H2,1-2H3. The molecule has 218 valence electrons. The highest BCUT2D eigenvalue weighted by Crippen LogP contribution is 2.56. The van der Waals surface area contributed by atoms with Crippen LogP contribution in [0, 0.1) is 0 Å². The first-order chi connectivity index (χ1) is 20.2. The van der Waals surface area contributed by atoms with Gasteiger partial charge in [-0.05, 0) is 102 Å². The lowest BCUT2D eigenvalue weighted by molar-refractivity contribution is -0.140. The maximum atomic E-state index is 12.2. The van der Waals surface area contributed by atoms with Crippen LogP contribution in [0.3, 0.4) is 0 Å². The lowest BCUT2D eigenvalue weighted by Crippen LogP contribution is -2.27. The summed E-state index contributed by atoms with van der Waals surface area (Å²) >= 11 is 0. The molecule has 0 saturated heterocycles. The minimum Gasteiger partial charge on any atom is -0.497 e. The molecule has 3 aromatic carbocycles. The molecule has 0 bridgehead atoms. The Labute approximate surface area is 248 Å². The monoisotopic (exact) mass is 570 g/mol. The number of carbonyl (C=O) groups excluding carboxylic acids is 1. The Morgan fingerprint density at radius 2 is 1.32 bits per heavy atom. The van der Waals surface area contributed by atoms with Crippen molar-refractivity contribution in [3.8, 4) is 16.9 Å². The maximum Gasteiger partial charge on any atom is 0.305 e. The zero-order chi connectivity index (χ0) is 28.4. The Morgan fingerprint density at radius 3 is 1.93 bits per heavy atom. The zero-order valence-corrected chi connectivity index (χ0v) is 26.0. The molecule has 0 aromatic heterocycles. The van der Waals surface area contributed by atoms with Gasteiger partial charge in [-0.25, -0.2) is 0 Å². The van der Waals surface area contributed by atoms with Crippen LogP contribution in [-0.2, 0) is 28.8 Å². The van der Waals surface area contributed by atoms with Crippen LogP contribution in [-0.4, -0.2) is 31.5 Å². The molecule has 0 amide bonds. The number of hydrogen-bond donors (Lipinski definition) is 0. The Morgan fingerprint density at radius 1 is 0.707 bits per heavy atom. The third kappa shape index (κ3) is 7.61. The summed E-state index contributed by atoms with van der Waals surface area (Å²) in [6.45, 7) is 0. The van der Waals surface area contributed by atoms with Crippen LogP contribution in [0.25, 0.3) is 11.1 Å². The second kappa shape index (κ2) is 15.0. The minimum atomic E-state index is -0.250. The van der Waals surface area contributed by atoms with Crippen LogP contribution < -0.4 is 10.0 Å². The van der Waals surface area contributed by atoms with Crippen LogP contribution in [0.2, 0.25) is 0 Å². The summed E-state index contributed by atoms with van der Waals surface area (Å²) < 4.78 is 10.4. The van der Waals surface area contributed by atoms with E-state index in [1.807, 2.05) is 0 Å². The fraction of sp³-hybridized carbons (Fsp3) is 0.486. The van der Waals surface area contributed by atoms with E-state index in [9.17, 15) is 4.79 Å². The predicted octanol–water partition coefficient (Wildman–Crippen LogP) is 9.03. The van der Waals surface area contributed by atoms with Gasteiger partial charge in [0.25, 0.3) is 0 Å². The molecule has 0 unspecified atom stereocenters. The van der Waals surface area contributed by atoms with Crippen LogP contribution in [0.1, 0.15) is 87.3 Å². The smallest absolute Gasteiger partial charge is 0.305 e. The number of benzene rings is 3. The molecule has 41 heavy (non-hydrogen) atoms. The predicted molar refractivity (Wildman–Crippen MR) is 173 cm³/mol. The van der Waals surface area contributed by atoms with E-state index >= 15 is 0 Å². The largest absolute Gasteiger partial charge is 0.497 e. The second-order valence-corrected chi connectivity index (χ2v) is 14.6. The Kier molecular flexibility index (Phi) is 10.9. The number of ether oxygens (including phenoxy) is 2. The van der Waals surface area contributed by atoms with Gasteiger partial charge in [0.05, 0.1) is 14.2 Å². The molecule has 2 fully saturated rings. The van der Waals surface area contributed by atoms with Crippen molar-refractivity contribution in [2.24, 2.45) is 0 Å². The SMILES string of the molecule is COC(=O)CCc1cccc(CCc2ccc(OC)cc2)c1-c1ccccc1P(C1CCCCC1)C1CCCCC1. The molecule has 0 N–H and O–H groups in total. The van der Waals surface area contributed by atoms with E-state index in [1.54, 1.807) is 12.4 Å². The number of carbonyl (C=O) groups is 1. The van der Waals surface area contributed by atoms with Gasteiger partial charge in [-0.3, -0.25) is 4.79 Å². The van der Waals surface area contributed by atoms with E-state index in [0.717, 1.165) is 29.9 Å². The molecule has 3 nitrogen and oxygen atoms in total. The van der Waals surface area contributed by atoms with Crippen molar-refractivity contribution in [1.82, 2.24) is 0 Å². The van der Waals surface area contributed by atoms with E-state index in [4.69, 9.17) is 9.47 Å². The van der Waals surface area contributed by atoms with Crippen molar-refractivity contribution in [1.29, 1.82) is 0 Å². The maximum absolute atomic E-state index is 12.2. The van der Waals surface area contributed by atoms with Crippen molar-refractivity contribution < 1.29 is 14.3 Å². The normalized spacial score (nSPS) is 16.6. The third-order valence-electron chi connectivity index (χ3n) is 9.29. The van der Waals surface area contributed by atoms with Crippen molar-refractivity contribution in [2.75, 3.05) is 14.2 Å². The lowest BCUT2D eigenvalue weighted by Gasteiger charge is -2.40. The highest BCUT2D eigenvalue weighted by Gasteiger charge is 2.34. The molecule has 2 aliphatic rings. The number of hydrogen-bond acceptors (Lipinski definition) is 3. The average Bonchev–Trinajstić information content (AvgIpc) is 3.04. The second-order valence-electron chi connectivity index (χ2n) is 11.9. The molecule has 3 aromatic rings. The van der Waals surface area contributed by atoms with Gasteiger partial charge < -0.3 is 9.47 Å².